The Morgan fingerprint density at radius 3 is 2.58 bits per heavy atom. The van der Waals surface area contributed by atoms with Gasteiger partial charge in [-0.1, -0.05) is 18.6 Å². The van der Waals surface area contributed by atoms with Crippen molar-refractivity contribution in [3.63, 3.8) is 0 Å². The van der Waals surface area contributed by atoms with Gasteiger partial charge in [-0.3, -0.25) is 14.9 Å². The van der Waals surface area contributed by atoms with Crippen LogP contribution in [0.15, 0.2) is 24.3 Å². The molecule has 0 heterocycles. The Labute approximate surface area is 110 Å². The lowest BCUT2D eigenvalue weighted by molar-refractivity contribution is -0.484. The van der Waals surface area contributed by atoms with Gasteiger partial charge in [0.2, 0.25) is 6.54 Å². The van der Waals surface area contributed by atoms with E-state index >= 15 is 0 Å². The highest BCUT2D eigenvalue weighted by Crippen LogP contribution is 2.34. The molecule has 19 heavy (non-hydrogen) atoms. The Kier molecular flexibility index (Phi) is 4.24. The SMILES string of the molecule is O=C1CCCC[C@H]1[C@H](C[N+](=O)[O-])c1ccc(F)cc1. The predicted octanol–water partition coefficient (Wildman–Crippen LogP) is 2.95. The van der Waals surface area contributed by atoms with Gasteiger partial charge < -0.3 is 0 Å². The maximum absolute atomic E-state index is 12.9. The lowest BCUT2D eigenvalue weighted by Gasteiger charge is -2.26. The van der Waals surface area contributed by atoms with Gasteiger partial charge in [0.05, 0.1) is 5.92 Å². The molecule has 0 amide bonds. The molecule has 1 aromatic carbocycles. The molecule has 0 N–H and O–H groups in total. The van der Waals surface area contributed by atoms with Crippen LogP contribution in [0.25, 0.3) is 0 Å². The van der Waals surface area contributed by atoms with Crippen molar-refractivity contribution >= 4 is 5.78 Å². The van der Waals surface area contributed by atoms with E-state index in [4.69, 9.17) is 0 Å². The van der Waals surface area contributed by atoms with Crippen LogP contribution in [0.3, 0.4) is 0 Å². The molecule has 1 aromatic rings. The fourth-order valence-electron chi connectivity index (χ4n) is 2.77. The first-order valence-corrected chi connectivity index (χ1v) is 6.48. The normalized spacial score (nSPS) is 21.1. The number of rotatable bonds is 4. The van der Waals surface area contributed by atoms with Crippen molar-refractivity contribution in [3.8, 4) is 0 Å². The van der Waals surface area contributed by atoms with Gasteiger partial charge in [-0.25, -0.2) is 4.39 Å². The zero-order chi connectivity index (χ0) is 13.8. The zero-order valence-corrected chi connectivity index (χ0v) is 10.5. The minimum atomic E-state index is -0.441. The van der Waals surface area contributed by atoms with E-state index in [-0.39, 0.29) is 24.1 Å². The smallest absolute Gasteiger partial charge is 0.211 e. The lowest BCUT2D eigenvalue weighted by atomic mass is 9.76. The van der Waals surface area contributed by atoms with Crippen LogP contribution < -0.4 is 0 Å². The molecule has 0 aromatic heterocycles. The number of benzene rings is 1. The summed E-state index contributed by atoms with van der Waals surface area (Å²) in [5.41, 5.74) is 0.679. The summed E-state index contributed by atoms with van der Waals surface area (Å²) in [5, 5.41) is 10.8. The Balaban J connectivity index is 2.26. The molecule has 1 aliphatic carbocycles. The van der Waals surface area contributed by atoms with Gasteiger partial charge in [-0.05, 0) is 30.5 Å². The van der Waals surface area contributed by atoms with Crippen molar-refractivity contribution < 1.29 is 14.1 Å². The number of hydrogen-bond acceptors (Lipinski definition) is 3. The van der Waals surface area contributed by atoms with Crippen molar-refractivity contribution in [3.05, 3.63) is 45.8 Å². The second kappa shape index (κ2) is 5.91. The highest BCUT2D eigenvalue weighted by molar-refractivity contribution is 5.82. The molecule has 2 atom stereocenters. The van der Waals surface area contributed by atoms with Crippen molar-refractivity contribution in [2.45, 2.75) is 31.6 Å². The van der Waals surface area contributed by atoms with E-state index in [2.05, 4.69) is 0 Å². The molecule has 0 aliphatic heterocycles. The van der Waals surface area contributed by atoms with Crippen LogP contribution in [0.1, 0.15) is 37.2 Å². The molecule has 102 valence electrons. The fourth-order valence-corrected chi connectivity index (χ4v) is 2.77. The molecule has 0 spiro atoms. The van der Waals surface area contributed by atoms with Crippen LogP contribution in [0.5, 0.6) is 0 Å². The lowest BCUT2D eigenvalue weighted by Crippen LogP contribution is -2.30. The van der Waals surface area contributed by atoms with Crippen molar-refractivity contribution in [1.82, 2.24) is 0 Å². The van der Waals surface area contributed by atoms with E-state index < -0.39 is 10.8 Å². The largest absolute Gasteiger partial charge is 0.299 e. The average molecular weight is 265 g/mol. The number of nitrogens with zero attached hydrogens (tertiary/aromatic N) is 1. The summed E-state index contributed by atoms with van der Waals surface area (Å²) in [5.74, 6) is -1.02. The fraction of sp³-hybridized carbons (Fsp3) is 0.500. The number of ketones is 1. The number of hydrogen-bond donors (Lipinski definition) is 0. The monoisotopic (exact) mass is 265 g/mol. The summed E-state index contributed by atoms with van der Waals surface area (Å²) in [6.45, 7) is -0.276. The van der Waals surface area contributed by atoms with Crippen LogP contribution >= 0.6 is 0 Å². The Hall–Kier alpha value is -1.78. The predicted molar refractivity (Wildman–Crippen MR) is 68.0 cm³/mol. The van der Waals surface area contributed by atoms with Crippen molar-refractivity contribution in [2.24, 2.45) is 5.92 Å². The summed E-state index contributed by atoms with van der Waals surface area (Å²) in [6, 6.07) is 5.67. The molecule has 2 rings (SSSR count). The van der Waals surface area contributed by atoms with E-state index in [0.717, 1.165) is 12.8 Å². The molecule has 1 fully saturated rings. The quantitative estimate of drug-likeness (QED) is 0.621. The molecule has 0 unspecified atom stereocenters. The summed E-state index contributed by atoms with van der Waals surface area (Å²) in [7, 11) is 0. The highest BCUT2D eigenvalue weighted by atomic mass is 19.1. The summed E-state index contributed by atoms with van der Waals surface area (Å²) in [4.78, 5) is 22.4. The maximum Gasteiger partial charge on any atom is 0.211 e. The van der Waals surface area contributed by atoms with Crippen LogP contribution in [0.4, 0.5) is 4.39 Å². The molecule has 0 bridgehead atoms. The minimum Gasteiger partial charge on any atom is -0.299 e. The van der Waals surface area contributed by atoms with E-state index in [1.165, 1.54) is 12.1 Å². The summed E-state index contributed by atoms with van der Waals surface area (Å²) >= 11 is 0. The first-order chi connectivity index (χ1) is 9.08. The third-order valence-corrected chi connectivity index (χ3v) is 3.73. The van der Waals surface area contributed by atoms with Gasteiger partial charge >= 0.3 is 0 Å². The summed E-state index contributed by atoms with van der Waals surface area (Å²) in [6.07, 6.45) is 2.98. The van der Waals surface area contributed by atoms with Crippen LogP contribution in [-0.4, -0.2) is 17.3 Å². The molecule has 0 saturated heterocycles. The molecule has 1 aliphatic rings. The van der Waals surface area contributed by atoms with Gasteiger partial charge in [0.1, 0.15) is 11.6 Å². The number of carbonyl (C=O) groups is 1. The second-order valence-electron chi connectivity index (χ2n) is 4.99. The molecule has 0 radical (unpaired) electrons. The molecular formula is C14H16FNO3. The van der Waals surface area contributed by atoms with Crippen LogP contribution in [0, 0.1) is 21.8 Å². The number of Topliss-reactive ketones (excluding diaryl/α,β-unsaturated/α-hetero) is 1. The minimum absolute atomic E-state index is 0.0995. The Morgan fingerprint density at radius 2 is 2.00 bits per heavy atom. The van der Waals surface area contributed by atoms with E-state index in [1.54, 1.807) is 12.1 Å². The molecular weight excluding hydrogens is 249 g/mol. The third-order valence-electron chi connectivity index (χ3n) is 3.73. The summed E-state index contributed by atoms with van der Waals surface area (Å²) < 4.78 is 12.9. The van der Waals surface area contributed by atoms with E-state index in [1.807, 2.05) is 0 Å². The van der Waals surface area contributed by atoms with Crippen LogP contribution in [-0.2, 0) is 4.79 Å². The molecule has 4 nitrogen and oxygen atoms in total. The standard InChI is InChI=1S/C14H16FNO3/c15-11-7-5-10(6-8-11)13(9-16(18)19)12-3-1-2-4-14(12)17/h5-8,12-13H,1-4,9H2/t12-,13+/m0/s1. The van der Waals surface area contributed by atoms with E-state index in [9.17, 15) is 19.3 Å². The van der Waals surface area contributed by atoms with Gasteiger partial charge in [-0.15, -0.1) is 0 Å². The van der Waals surface area contributed by atoms with Gasteiger partial charge in [0.15, 0.2) is 0 Å². The Bertz CT molecular complexity index is 472. The number of halogens is 1. The Morgan fingerprint density at radius 1 is 1.32 bits per heavy atom. The highest BCUT2D eigenvalue weighted by Gasteiger charge is 2.34. The molecule has 1 saturated carbocycles. The second-order valence-corrected chi connectivity index (χ2v) is 4.99. The topological polar surface area (TPSA) is 60.2 Å². The van der Waals surface area contributed by atoms with Crippen molar-refractivity contribution in [1.29, 1.82) is 0 Å². The van der Waals surface area contributed by atoms with E-state index in [0.29, 0.717) is 18.4 Å². The number of carbonyl (C=O) groups excluding carboxylic acids is 1. The molecule has 5 heteroatoms. The van der Waals surface area contributed by atoms with Crippen molar-refractivity contribution in [2.75, 3.05) is 6.54 Å². The first kappa shape index (κ1) is 13.6. The third kappa shape index (κ3) is 3.36. The maximum atomic E-state index is 12.9. The van der Waals surface area contributed by atoms with Gasteiger partial charge in [-0.2, -0.15) is 0 Å². The van der Waals surface area contributed by atoms with Gasteiger partial charge in [0, 0.05) is 17.3 Å². The van der Waals surface area contributed by atoms with Crippen LogP contribution in [0.2, 0.25) is 0 Å². The van der Waals surface area contributed by atoms with Gasteiger partial charge in [0.25, 0.3) is 0 Å². The first-order valence-electron chi connectivity index (χ1n) is 6.48. The number of nitro groups is 1. The zero-order valence-electron chi connectivity index (χ0n) is 10.5. The average Bonchev–Trinajstić information content (AvgIpc) is 2.38.